The molecule has 4 heteroatoms. The summed E-state index contributed by atoms with van der Waals surface area (Å²) in [5.74, 6) is -0.0448. The van der Waals surface area contributed by atoms with Crippen molar-refractivity contribution in [1.82, 2.24) is 4.31 Å². The Labute approximate surface area is 69.6 Å². The van der Waals surface area contributed by atoms with Crippen molar-refractivity contribution >= 4 is 23.6 Å². The van der Waals surface area contributed by atoms with E-state index in [4.69, 9.17) is 0 Å². The molecule has 0 radical (unpaired) electrons. The van der Waals surface area contributed by atoms with Gasteiger partial charge in [-0.1, -0.05) is 18.5 Å². The molecule has 0 aliphatic carbocycles. The average Bonchev–Trinajstić information content (AvgIpc) is 1.99. The SMILES string of the molecule is C=CC(=O)C1CC(=O)N1SC. The van der Waals surface area contributed by atoms with Crippen molar-refractivity contribution in [3.05, 3.63) is 12.7 Å². The van der Waals surface area contributed by atoms with Crippen LogP contribution in [-0.2, 0) is 9.59 Å². The fourth-order valence-corrected chi connectivity index (χ4v) is 1.69. The minimum atomic E-state index is -0.255. The van der Waals surface area contributed by atoms with Crippen LogP contribution in [0.1, 0.15) is 6.42 Å². The van der Waals surface area contributed by atoms with Gasteiger partial charge < -0.3 is 0 Å². The van der Waals surface area contributed by atoms with E-state index in [1.54, 1.807) is 6.26 Å². The van der Waals surface area contributed by atoms with Crippen molar-refractivity contribution in [2.75, 3.05) is 6.26 Å². The molecule has 1 saturated heterocycles. The molecule has 3 nitrogen and oxygen atoms in total. The van der Waals surface area contributed by atoms with E-state index in [1.165, 1.54) is 22.3 Å². The number of carbonyl (C=O) groups excluding carboxylic acids is 2. The summed E-state index contributed by atoms with van der Waals surface area (Å²) in [6, 6.07) is -0.255. The van der Waals surface area contributed by atoms with E-state index in [0.717, 1.165) is 0 Å². The molecular formula is C7H9NO2S. The highest BCUT2D eigenvalue weighted by atomic mass is 32.2. The third kappa shape index (κ3) is 1.30. The Bertz CT molecular complexity index is 214. The number of nitrogens with zero attached hydrogens (tertiary/aromatic N) is 1. The molecular weight excluding hydrogens is 162 g/mol. The van der Waals surface area contributed by atoms with Crippen molar-refractivity contribution in [1.29, 1.82) is 0 Å². The van der Waals surface area contributed by atoms with Crippen LogP contribution in [0.5, 0.6) is 0 Å². The highest BCUT2D eigenvalue weighted by Gasteiger charge is 2.39. The van der Waals surface area contributed by atoms with Crippen molar-refractivity contribution < 1.29 is 9.59 Å². The molecule has 0 spiro atoms. The van der Waals surface area contributed by atoms with Crippen molar-refractivity contribution in [2.45, 2.75) is 12.5 Å². The van der Waals surface area contributed by atoms with Crippen LogP contribution in [-0.4, -0.2) is 28.3 Å². The molecule has 60 valence electrons. The van der Waals surface area contributed by atoms with Gasteiger partial charge in [-0.3, -0.25) is 13.9 Å². The van der Waals surface area contributed by atoms with Crippen molar-refractivity contribution in [3.8, 4) is 0 Å². The highest BCUT2D eigenvalue weighted by molar-refractivity contribution is 7.96. The summed E-state index contributed by atoms with van der Waals surface area (Å²) in [6.45, 7) is 3.36. The van der Waals surface area contributed by atoms with Crippen LogP contribution in [0.25, 0.3) is 0 Å². The van der Waals surface area contributed by atoms with E-state index in [-0.39, 0.29) is 17.7 Å². The smallest absolute Gasteiger partial charge is 0.235 e. The molecule has 0 N–H and O–H groups in total. The zero-order chi connectivity index (χ0) is 8.43. The maximum atomic E-state index is 11.0. The van der Waals surface area contributed by atoms with Crippen molar-refractivity contribution in [3.63, 3.8) is 0 Å². The Kier molecular flexibility index (Phi) is 2.34. The van der Waals surface area contributed by atoms with Gasteiger partial charge in [0.15, 0.2) is 5.78 Å². The lowest BCUT2D eigenvalue weighted by atomic mass is 10.0. The normalized spacial score (nSPS) is 22.8. The fraction of sp³-hybridized carbons (Fsp3) is 0.429. The van der Waals surface area contributed by atoms with Gasteiger partial charge in [-0.25, -0.2) is 0 Å². The number of β-lactam (4-membered cyclic amide) rings is 1. The Balaban J connectivity index is 2.57. The van der Waals surface area contributed by atoms with E-state index >= 15 is 0 Å². The summed E-state index contributed by atoms with van der Waals surface area (Å²) in [5.41, 5.74) is 0. The molecule has 1 unspecified atom stereocenters. The first-order chi connectivity index (χ1) is 5.20. The lowest BCUT2D eigenvalue weighted by Gasteiger charge is -2.36. The van der Waals surface area contributed by atoms with Crippen LogP contribution in [0.15, 0.2) is 12.7 Å². The van der Waals surface area contributed by atoms with E-state index in [1.807, 2.05) is 0 Å². The molecule has 0 aromatic heterocycles. The van der Waals surface area contributed by atoms with Gasteiger partial charge in [-0.15, -0.1) is 0 Å². The molecule has 1 atom stereocenters. The van der Waals surface area contributed by atoms with Crippen molar-refractivity contribution in [2.24, 2.45) is 0 Å². The summed E-state index contributed by atoms with van der Waals surface area (Å²) >= 11 is 1.29. The van der Waals surface area contributed by atoms with E-state index in [2.05, 4.69) is 6.58 Å². The van der Waals surface area contributed by atoms with E-state index in [9.17, 15) is 9.59 Å². The molecule has 0 aromatic carbocycles. The van der Waals surface area contributed by atoms with Gasteiger partial charge in [-0.05, 0) is 6.08 Å². The first kappa shape index (κ1) is 8.33. The number of ketones is 1. The van der Waals surface area contributed by atoms with Gasteiger partial charge in [0.2, 0.25) is 5.91 Å². The highest BCUT2D eigenvalue weighted by Crippen LogP contribution is 2.26. The number of hydrogen-bond acceptors (Lipinski definition) is 3. The predicted molar refractivity (Wildman–Crippen MR) is 44.0 cm³/mol. The Morgan fingerprint density at radius 1 is 1.91 bits per heavy atom. The molecule has 1 aliphatic rings. The lowest BCUT2D eigenvalue weighted by molar-refractivity contribution is -0.142. The standard InChI is InChI=1S/C7H9NO2S/c1-3-6(9)5-4-7(10)8(5)11-2/h3,5H,1,4H2,2H3. The van der Waals surface area contributed by atoms with E-state index in [0.29, 0.717) is 6.42 Å². The minimum Gasteiger partial charge on any atom is -0.292 e. The number of carbonyl (C=O) groups is 2. The van der Waals surface area contributed by atoms with Crippen LogP contribution < -0.4 is 0 Å². The van der Waals surface area contributed by atoms with E-state index < -0.39 is 0 Å². The predicted octanol–water partition coefficient (Wildman–Crippen LogP) is 0.620. The van der Waals surface area contributed by atoms with Gasteiger partial charge in [0.05, 0.1) is 6.42 Å². The largest absolute Gasteiger partial charge is 0.292 e. The molecule has 1 amide bonds. The van der Waals surface area contributed by atoms with Crippen LogP contribution >= 0.6 is 11.9 Å². The van der Waals surface area contributed by atoms with Gasteiger partial charge >= 0.3 is 0 Å². The van der Waals surface area contributed by atoms with Gasteiger partial charge in [0.1, 0.15) is 6.04 Å². The summed E-state index contributed by atoms with van der Waals surface area (Å²) in [7, 11) is 0. The first-order valence-corrected chi connectivity index (χ1v) is 4.41. The average molecular weight is 171 g/mol. The first-order valence-electron chi connectivity index (χ1n) is 3.23. The molecule has 1 rings (SSSR count). The van der Waals surface area contributed by atoms with Crippen LogP contribution in [0.2, 0.25) is 0 Å². The molecule has 0 saturated carbocycles. The van der Waals surface area contributed by atoms with Crippen LogP contribution in [0, 0.1) is 0 Å². The quantitative estimate of drug-likeness (QED) is 0.355. The van der Waals surface area contributed by atoms with Crippen LogP contribution in [0.3, 0.4) is 0 Å². The number of rotatable bonds is 3. The second kappa shape index (κ2) is 3.09. The summed E-state index contributed by atoms with van der Waals surface area (Å²) in [4.78, 5) is 21.8. The number of amides is 1. The zero-order valence-corrected chi connectivity index (χ0v) is 7.06. The van der Waals surface area contributed by atoms with Gasteiger partial charge in [-0.2, -0.15) is 0 Å². The van der Waals surface area contributed by atoms with Gasteiger partial charge in [0, 0.05) is 6.26 Å². The third-order valence-corrected chi connectivity index (χ3v) is 2.47. The molecule has 1 heterocycles. The maximum absolute atomic E-state index is 11.0. The summed E-state index contributed by atoms with van der Waals surface area (Å²) < 4.78 is 1.48. The summed E-state index contributed by atoms with van der Waals surface area (Å²) in [5, 5.41) is 0. The fourth-order valence-electron chi connectivity index (χ4n) is 0.981. The molecule has 1 fully saturated rings. The zero-order valence-electron chi connectivity index (χ0n) is 6.24. The van der Waals surface area contributed by atoms with Crippen LogP contribution in [0.4, 0.5) is 0 Å². The molecule has 1 aliphatic heterocycles. The second-order valence-corrected chi connectivity index (χ2v) is 2.99. The minimum absolute atomic E-state index is 0.0256. The third-order valence-electron chi connectivity index (χ3n) is 1.62. The molecule has 0 bridgehead atoms. The Hall–Kier alpha value is -0.770. The second-order valence-electron chi connectivity index (χ2n) is 2.23. The Morgan fingerprint density at radius 2 is 2.55 bits per heavy atom. The molecule has 11 heavy (non-hydrogen) atoms. The Morgan fingerprint density at radius 3 is 2.91 bits per heavy atom. The van der Waals surface area contributed by atoms with Gasteiger partial charge in [0.25, 0.3) is 0 Å². The monoisotopic (exact) mass is 171 g/mol. The number of hydrogen-bond donors (Lipinski definition) is 0. The lowest BCUT2D eigenvalue weighted by Crippen LogP contribution is -2.51. The maximum Gasteiger partial charge on any atom is 0.235 e. The molecule has 0 aromatic rings. The topological polar surface area (TPSA) is 37.4 Å². The summed E-state index contributed by atoms with van der Waals surface area (Å²) in [6.07, 6.45) is 3.38.